The van der Waals surface area contributed by atoms with E-state index in [2.05, 4.69) is 10.6 Å². The molecule has 0 unspecified atom stereocenters. The van der Waals surface area contributed by atoms with Gasteiger partial charge in [-0.05, 0) is 36.4 Å². The monoisotopic (exact) mass is 321 g/mol. The molecule has 0 saturated carbocycles. The molecule has 0 aliphatic carbocycles. The van der Waals surface area contributed by atoms with Gasteiger partial charge in [0.1, 0.15) is 5.70 Å². The third kappa shape index (κ3) is 2.96. The van der Waals surface area contributed by atoms with Gasteiger partial charge in [0.25, 0.3) is 5.91 Å². The van der Waals surface area contributed by atoms with Gasteiger partial charge in [-0.15, -0.1) is 0 Å². The molecule has 23 heavy (non-hydrogen) atoms. The van der Waals surface area contributed by atoms with Crippen LogP contribution in [0.25, 0.3) is 11.8 Å². The summed E-state index contributed by atoms with van der Waals surface area (Å²) in [7, 11) is 0. The van der Waals surface area contributed by atoms with E-state index in [1.54, 1.807) is 18.3 Å². The van der Waals surface area contributed by atoms with Crippen molar-refractivity contribution in [2.24, 2.45) is 0 Å². The van der Waals surface area contributed by atoms with Crippen molar-refractivity contribution in [2.75, 3.05) is 0 Å². The van der Waals surface area contributed by atoms with Gasteiger partial charge in [-0.1, -0.05) is 6.07 Å². The van der Waals surface area contributed by atoms with E-state index in [0.29, 0.717) is 11.4 Å². The van der Waals surface area contributed by atoms with Crippen molar-refractivity contribution in [3.8, 4) is 5.69 Å². The lowest BCUT2D eigenvalue weighted by atomic mass is 10.2. The zero-order valence-electron chi connectivity index (χ0n) is 11.5. The lowest BCUT2D eigenvalue weighted by molar-refractivity contribution is -0.137. The molecule has 2 N–H and O–H groups in total. The number of hydrogen-bond donors (Lipinski definition) is 2. The number of aromatic nitrogens is 1. The van der Waals surface area contributed by atoms with Gasteiger partial charge in [-0.25, -0.2) is 4.79 Å². The number of carbonyl (C=O) groups excluding carboxylic acids is 2. The first-order valence-corrected chi connectivity index (χ1v) is 6.53. The van der Waals surface area contributed by atoms with Crippen LogP contribution in [0.5, 0.6) is 0 Å². The number of nitrogens with one attached hydrogen (secondary N) is 2. The Bertz CT molecular complexity index is 821. The standard InChI is InChI=1S/C15H10F3N3O2/c16-15(17,18)9-3-1-4-10(7-9)21-6-2-5-11(21)8-12-13(22)20-14(23)19-12/h1-8H,(H2,19,20,22,23)/b12-8+. The second-order valence-corrected chi connectivity index (χ2v) is 4.82. The molecule has 1 aliphatic heterocycles. The molecule has 1 aliphatic rings. The molecule has 2 heterocycles. The highest BCUT2D eigenvalue weighted by Crippen LogP contribution is 2.30. The summed E-state index contributed by atoms with van der Waals surface area (Å²) in [6, 6.07) is 7.42. The quantitative estimate of drug-likeness (QED) is 0.660. The minimum absolute atomic E-state index is 0.0296. The first kappa shape index (κ1) is 14.9. The second-order valence-electron chi connectivity index (χ2n) is 4.82. The molecule has 118 valence electrons. The molecule has 1 aromatic heterocycles. The molecule has 5 nitrogen and oxygen atoms in total. The van der Waals surface area contributed by atoms with Crippen LogP contribution in [0, 0.1) is 0 Å². The van der Waals surface area contributed by atoms with Crippen molar-refractivity contribution in [1.29, 1.82) is 0 Å². The Hall–Kier alpha value is -3.03. The summed E-state index contributed by atoms with van der Waals surface area (Å²) in [5, 5.41) is 4.38. The van der Waals surface area contributed by atoms with Gasteiger partial charge >= 0.3 is 12.2 Å². The van der Waals surface area contributed by atoms with Crippen LogP contribution in [0.4, 0.5) is 18.0 Å². The highest BCUT2D eigenvalue weighted by atomic mass is 19.4. The van der Waals surface area contributed by atoms with Crippen LogP contribution in [0.2, 0.25) is 0 Å². The average molecular weight is 321 g/mol. The molecule has 0 spiro atoms. The molecule has 0 bridgehead atoms. The van der Waals surface area contributed by atoms with Gasteiger partial charge in [0.2, 0.25) is 0 Å². The SMILES string of the molecule is O=C1NC(=O)/C(=C\c2cccn2-c2cccc(C(F)(F)F)c2)N1. The van der Waals surface area contributed by atoms with Crippen molar-refractivity contribution in [3.05, 3.63) is 59.5 Å². The molecule has 3 rings (SSSR count). The molecule has 3 amide bonds. The largest absolute Gasteiger partial charge is 0.416 e. The third-order valence-electron chi connectivity index (χ3n) is 3.24. The number of rotatable bonds is 2. The van der Waals surface area contributed by atoms with E-state index < -0.39 is 23.7 Å². The van der Waals surface area contributed by atoms with Crippen molar-refractivity contribution < 1.29 is 22.8 Å². The van der Waals surface area contributed by atoms with Gasteiger partial charge in [-0.3, -0.25) is 10.1 Å². The number of carbonyl (C=O) groups is 2. The minimum Gasteiger partial charge on any atom is -0.317 e. The van der Waals surface area contributed by atoms with Gasteiger partial charge in [0, 0.05) is 17.6 Å². The van der Waals surface area contributed by atoms with Crippen LogP contribution in [0.15, 0.2) is 48.3 Å². The summed E-state index contributed by atoms with van der Waals surface area (Å²) >= 11 is 0. The molecule has 0 atom stereocenters. The predicted octanol–water partition coefficient (Wildman–Crippen LogP) is 2.68. The molecular weight excluding hydrogens is 311 g/mol. The lowest BCUT2D eigenvalue weighted by Crippen LogP contribution is -2.22. The van der Waals surface area contributed by atoms with E-state index >= 15 is 0 Å². The Kier molecular flexibility index (Phi) is 3.44. The first-order chi connectivity index (χ1) is 10.8. The summed E-state index contributed by atoms with van der Waals surface area (Å²) < 4.78 is 39.9. The summed E-state index contributed by atoms with van der Waals surface area (Å²) in [5.74, 6) is -0.591. The van der Waals surface area contributed by atoms with Gasteiger partial charge in [-0.2, -0.15) is 13.2 Å². The molecule has 2 aromatic rings. The van der Waals surface area contributed by atoms with E-state index in [4.69, 9.17) is 0 Å². The molecule has 0 radical (unpaired) electrons. The zero-order valence-corrected chi connectivity index (χ0v) is 11.5. The van der Waals surface area contributed by atoms with E-state index in [1.807, 2.05) is 0 Å². The highest BCUT2D eigenvalue weighted by molar-refractivity contribution is 6.13. The third-order valence-corrected chi connectivity index (χ3v) is 3.24. The zero-order chi connectivity index (χ0) is 16.6. The number of amides is 3. The number of alkyl halides is 3. The van der Waals surface area contributed by atoms with Gasteiger partial charge in [0.05, 0.1) is 5.56 Å². The van der Waals surface area contributed by atoms with E-state index in [9.17, 15) is 22.8 Å². The maximum Gasteiger partial charge on any atom is 0.416 e. The van der Waals surface area contributed by atoms with E-state index in [0.717, 1.165) is 12.1 Å². The predicted molar refractivity (Wildman–Crippen MR) is 75.4 cm³/mol. The summed E-state index contributed by atoms with van der Waals surface area (Å²) in [5.41, 5.74) is 0.00854. The Morgan fingerprint density at radius 1 is 1.04 bits per heavy atom. The normalized spacial score (nSPS) is 16.6. The number of nitrogens with zero attached hydrogens (tertiary/aromatic N) is 1. The Labute approximate surface area is 128 Å². The van der Waals surface area contributed by atoms with Gasteiger partial charge < -0.3 is 9.88 Å². The van der Waals surface area contributed by atoms with Crippen LogP contribution >= 0.6 is 0 Å². The van der Waals surface area contributed by atoms with Crippen molar-refractivity contribution in [3.63, 3.8) is 0 Å². The average Bonchev–Trinajstić information content (AvgIpc) is 3.05. The molecular formula is C15H10F3N3O2. The Balaban J connectivity index is 2.01. The van der Waals surface area contributed by atoms with E-state index in [1.165, 1.54) is 22.8 Å². The van der Waals surface area contributed by atoms with Crippen LogP contribution in [0.3, 0.4) is 0 Å². The van der Waals surface area contributed by atoms with Crippen LogP contribution < -0.4 is 10.6 Å². The first-order valence-electron chi connectivity index (χ1n) is 6.53. The number of imide groups is 1. The summed E-state index contributed by atoms with van der Waals surface area (Å²) in [4.78, 5) is 22.6. The second kappa shape index (κ2) is 5.31. The molecule has 8 heteroatoms. The molecule has 1 saturated heterocycles. The number of benzene rings is 1. The fourth-order valence-corrected chi connectivity index (χ4v) is 2.21. The molecule has 1 fully saturated rings. The van der Waals surface area contributed by atoms with Crippen molar-refractivity contribution >= 4 is 18.0 Å². The molecule has 1 aromatic carbocycles. The summed E-state index contributed by atoms with van der Waals surface area (Å²) in [6.07, 6.45) is -1.49. The number of urea groups is 1. The summed E-state index contributed by atoms with van der Waals surface area (Å²) in [6.45, 7) is 0. The fourth-order valence-electron chi connectivity index (χ4n) is 2.21. The maximum absolute atomic E-state index is 12.8. The highest BCUT2D eigenvalue weighted by Gasteiger charge is 2.30. The number of halogens is 3. The topological polar surface area (TPSA) is 63.1 Å². The lowest BCUT2D eigenvalue weighted by Gasteiger charge is -2.11. The van der Waals surface area contributed by atoms with Crippen molar-refractivity contribution in [2.45, 2.75) is 6.18 Å². The van der Waals surface area contributed by atoms with Crippen LogP contribution in [-0.2, 0) is 11.0 Å². The van der Waals surface area contributed by atoms with Crippen LogP contribution in [0.1, 0.15) is 11.3 Å². The minimum atomic E-state index is -4.44. The smallest absolute Gasteiger partial charge is 0.317 e. The Morgan fingerprint density at radius 3 is 2.48 bits per heavy atom. The fraction of sp³-hybridized carbons (Fsp3) is 0.0667. The Morgan fingerprint density at radius 2 is 1.83 bits per heavy atom. The van der Waals surface area contributed by atoms with Crippen LogP contribution in [-0.4, -0.2) is 16.5 Å². The maximum atomic E-state index is 12.8. The van der Waals surface area contributed by atoms with Crippen molar-refractivity contribution in [1.82, 2.24) is 15.2 Å². The van der Waals surface area contributed by atoms with E-state index in [-0.39, 0.29) is 5.70 Å². The van der Waals surface area contributed by atoms with Gasteiger partial charge in [0.15, 0.2) is 0 Å². The number of hydrogen-bond acceptors (Lipinski definition) is 2.